The largest absolute Gasteiger partial charge is 0.416 e. The highest BCUT2D eigenvalue weighted by Gasteiger charge is 2.32. The molecule has 3 nitrogen and oxygen atoms in total. The summed E-state index contributed by atoms with van der Waals surface area (Å²) in [5.41, 5.74) is 1.08. The highest BCUT2D eigenvalue weighted by Crippen LogP contribution is 2.41. The van der Waals surface area contributed by atoms with Crippen LogP contribution >= 0.6 is 11.8 Å². The molecular weight excluding hydrogens is 421 g/mol. The predicted molar refractivity (Wildman–Crippen MR) is 117 cm³/mol. The molecule has 0 fully saturated rings. The first-order chi connectivity index (χ1) is 14.8. The number of fused-ring (bicyclic) bond motifs is 1. The van der Waals surface area contributed by atoms with E-state index >= 15 is 0 Å². The summed E-state index contributed by atoms with van der Waals surface area (Å²) in [4.78, 5) is 5.66. The Labute approximate surface area is 182 Å². The van der Waals surface area contributed by atoms with Crippen molar-refractivity contribution in [1.82, 2.24) is 9.55 Å². The fourth-order valence-electron chi connectivity index (χ4n) is 3.51. The van der Waals surface area contributed by atoms with E-state index in [0.717, 1.165) is 22.6 Å². The van der Waals surface area contributed by atoms with Crippen molar-refractivity contribution in [3.8, 4) is 0 Å². The van der Waals surface area contributed by atoms with Crippen molar-refractivity contribution in [3.05, 3.63) is 95.8 Å². The highest BCUT2D eigenvalue weighted by atomic mass is 32.2. The Kier molecular flexibility index (Phi) is 6.07. The lowest BCUT2D eigenvalue weighted by atomic mass is 10.1. The molecule has 1 N–H and O–H groups in total. The van der Waals surface area contributed by atoms with Crippen molar-refractivity contribution < 1.29 is 18.3 Å². The van der Waals surface area contributed by atoms with Crippen LogP contribution in [0.1, 0.15) is 29.1 Å². The van der Waals surface area contributed by atoms with Crippen LogP contribution in [0.4, 0.5) is 13.2 Å². The lowest BCUT2D eigenvalue weighted by Crippen LogP contribution is -2.16. The summed E-state index contributed by atoms with van der Waals surface area (Å²) in [5.74, 6) is 0.607. The second-order valence-electron chi connectivity index (χ2n) is 7.35. The Bertz CT molecular complexity index is 1160. The number of aliphatic hydroxyl groups excluding tert-OH is 1. The van der Waals surface area contributed by atoms with Crippen LogP contribution in [0, 0.1) is 0 Å². The van der Waals surface area contributed by atoms with Crippen molar-refractivity contribution in [2.75, 3.05) is 0 Å². The number of benzene rings is 3. The second-order valence-corrected chi connectivity index (χ2v) is 8.53. The molecule has 0 saturated carbocycles. The van der Waals surface area contributed by atoms with Gasteiger partial charge in [-0.2, -0.15) is 13.2 Å². The van der Waals surface area contributed by atoms with E-state index in [0.29, 0.717) is 11.3 Å². The maximum absolute atomic E-state index is 13.3. The number of imidazole rings is 1. The molecule has 2 unspecified atom stereocenters. The quantitative estimate of drug-likeness (QED) is 0.355. The third-order valence-corrected chi connectivity index (χ3v) is 6.15. The van der Waals surface area contributed by atoms with Gasteiger partial charge in [0.05, 0.1) is 34.5 Å². The van der Waals surface area contributed by atoms with Crippen LogP contribution in [-0.2, 0) is 12.7 Å². The molecule has 4 aromatic rings. The zero-order valence-electron chi connectivity index (χ0n) is 16.8. The number of hydrogen-bond donors (Lipinski definition) is 1. The summed E-state index contributed by atoms with van der Waals surface area (Å²) in [7, 11) is 0. The minimum Gasteiger partial charge on any atom is -0.392 e. The standard InChI is InChI=1S/C24H21F3N2OS/c1-16(30)15-29-21-13-12-18(24(25,26)27)14-20(21)28-23(29)22(17-8-4-2-5-9-17)31-19-10-6-3-7-11-19/h2-14,16,22,30H,15H2,1H3. The number of alkyl halides is 3. The lowest BCUT2D eigenvalue weighted by Gasteiger charge is -2.20. The number of halogens is 3. The number of nitrogens with zero attached hydrogens (tertiary/aromatic N) is 2. The van der Waals surface area contributed by atoms with E-state index in [-0.39, 0.29) is 17.3 Å². The summed E-state index contributed by atoms with van der Waals surface area (Å²) in [6.45, 7) is 1.89. The SMILES string of the molecule is CC(O)Cn1c(C(Sc2ccccc2)c2ccccc2)nc2cc(C(F)(F)F)ccc21. The number of hydrogen-bond acceptors (Lipinski definition) is 3. The third kappa shape index (κ3) is 4.78. The summed E-state index contributed by atoms with van der Waals surface area (Å²) in [6, 6.07) is 23.1. The van der Waals surface area contributed by atoms with E-state index in [2.05, 4.69) is 4.98 Å². The molecule has 7 heteroatoms. The highest BCUT2D eigenvalue weighted by molar-refractivity contribution is 7.99. The lowest BCUT2D eigenvalue weighted by molar-refractivity contribution is -0.137. The zero-order chi connectivity index (χ0) is 22.0. The third-order valence-electron chi connectivity index (χ3n) is 4.89. The molecule has 0 aliphatic rings. The molecule has 3 aromatic carbocycles. The Morgan fingerprint density at radius 3 is 2.23 bits per heavy atom. The Balaban J connectivity index is 1.90. The van der Waals surface area contributed by atoms with Gasteiger partial charge in [-0.15, -0.1) is 11.8 Å². The average molecular weight is 443 g/mol. The monoisotopic (exact) mass is 442 g/mol. The van der Waals surface area contributed by atoms with Gasteiger partial charge < -0.3 is 9.67 Å². The molecule has 160 valence electrons. The first-order valence-electron chi connectivity index (χ1n) is 9.85. The summed E-state index contributed by atoms with van der Waals surface area (Å²) >= 11 is 1.57. The van der Waals surface area contributed by atoms with E-state index in [1.165, 1.54) is 6.07 Å². The predicted octanol–water partition coefficient (Wildman–Crippen LogP) is 6.32. The van der Waals surface area contributed by atoms with Gasteiger partial charge in [-0.1, -0.05) is 48.5 Å². The van der Waals surface area contributed by atoms with Crippen molar-refractivity contribution in [1.29, 1.82) is 0 Å². The van der Waals surface area contributed by atoms with Crippen LogP contribution in [0.15, 0.2) is 83.8 Å². The Hall–Kier alpha value is -2.77. The molecule has 0 aliphatic carbocycles. The number of thioether (sulfide) groups is 1. The molecule has 0 saturated heterocycles. The van der Waals surface area contributed by atoms with E-state index in [4.69, 9.17) is 0 Å². The van der Waals surface area contributed by atoms with Gasteiger partial charge in [-0.3, -0.25) is 0 Å². The average Bonchev–Trinajstić information content (AvgIpc) is 3.09. The van der Waals surface area contributed by atoms with E-state index in [9.17, 15) is 18.3 Å². The van der Waals surface area contributed by atoms with Crippen LogP contribution < -0.4 is 0 Å². The smallest absolute Gasteiger partial charge is 0.392 e. The molecule has 0 spiro atoms. The van der Waals surface area contributed by atoms with Gasteiger partial charge in [0.15, 0.2) is 0 Å². The molecule has 31 heavy (non-hydrogen) atoms. The maximum atomic E-state index is 13.3. The molecule has 4 rings (SSSR count). The van der Waals surface area contributed by atoms with Crippen molar-refractivity contribution in [3.63, 3.8) is 0 Å². The van der Waals surface area contributed by atoms with Crippen LogP contribution in [0.5, 0.6) is 0 Å². The van der Waals surface area contributed by atoms with Crippen molar-refractivity contribution in [2.24, 2.45) is 0 Å². The van der Waals surface area contributed by atoms with Gasteiger partial charge >= 0.3 is 6.18 Å². The van der Waals surface area contributed by atoms with E-state index in [1.807, 2.05) is 65.2 Å². The number of rotatable bonds is 6. The molecule has 2 atom stereocenters. The van der Waals surface area contributed by atoms with Gasteiger partial charge in [0, 0.05) is 4.90 Å². The molecule has 1 aromatic heterocycles. The molecule has 0 radical (unpaired) electrons. The van der Waals surface area contributed by atoms with Gasteiger partial charge in [0.2, 0.25) is 0 Å². The van der Waals surface area contributed by atoms with Gasteiger partial charge in [0.25, 0.3) is 0 Å². The Morgan fingerprint density at radius 1 is 0.968 bits per heavy atom. The molecular formula is C24H21F3N2OS. The second kappa shape index (κ2) is 8.77. The van der Waals surface area contributed by atoms with Crippen LogP contribution in [-0.4, -0.2) is 20.8 Å². The van der Waals surface area contributed by atoms with Crippen LogP contribution in [0.25, 0.3) is 11.0 Å². The van der Waals surface area contributed by atoms with E-state index < -0.39 is 17.8 Å². The fourth-order valence-corrected chi connectivity index (χ4v) is 4.68. The van der Waals surface area contributed by atoms with E-state index in [1.54, 1.807) is 18.7 Å². The summed E-state index contributed by atoms with van der Waals surface area (Å²) in [5, 5.41) is 9.84. The summed E-state index contributed by atoms with van der Waals surface area (Å²) < 4.78 is 41.6. The van der Waals surface area contributed by atoms with Crippen LogP contribution in [0.3, 0.4) is 0 Å². The van der Waals surface area contributed by atoms with Gasteiger partial charge in [-0.25, -0.2) is 4.98 Å². The maximum Gasteiger partial charge on any atom is 0.416 e. The minimum absolute atomic E-state index is 0.232. The molecule has 0 amide bonds. The first-order valence-corrected chi connectivity index (χ1v) is 10.7. The topological polar surface area (TPSA) is 38.0 Å². The normalized spacial score (nSPS) is 14.0. The van der Waals surface area contributed by atoms with Gasteiger partial charge in [-0.05, 0) is 42.8 Å². The molecule has 0 aliphatic heterocycles. The van der Waals surface area contributed by atoms with Crippen molar-refractivity contribution in [2.45, 2.75) is 35.9 Å². The first kappa shape index (κ1) is 21.5. The van der Waals surface area contributed by atoms with Gasteiger partial charge in [0.1, 0.15) is 5.82 Å². The van der Waals surface area contributed by atoms with Crippen molar-refractivity contribution >= 4 is 22.8 Å². The minimum atomic E-state index is -4.44. The zero-order valence-corrected chi connectivity index (χ0v) is 17.6. The van der Waals surface area contributed by atoms with Crippen LogP contribution in [0.2, 0.25) is 0 Å². The summed E-state index contributed by atoms with van der Waals surface area (Å²) in [6.07, 6.45) is -5.13. The fraction of sp³-hybridized carbons (Fsp3) is 0.208. The number of aliphatic hydroxyl groups is 1. The molecule has 0 bridgehead atoms. The number of aromatic nitrogens is 2. The molecule has 1 heterocycles. The Morgan fingerprint density at radius 2 is 1.61 bits per heavy atom.